The van der Waals surface area contributed by atoms with Crippen LogP contribution in [-0.2, 0) is 11.2 Å². The molecule has 17 heavy (non-hydrogen) atoms. The van der Waals surface area contributed by atoms with E-state index in [0.29, 0.717) is 31.1 Å². The fourth-order valence-electron chi connectivity index (χ4n) is 1.58. The Hall–Kier alpha value is -1.43. The monoisotopic (exact) mass is 241 g/mol. The predicted molar refractivity (Wildman–Crippen MR) is 61.3 cm³/mol. The van der Waals surface area contributed by atoms with E-state index < -0.39 is 0 Å². The molecule has 0 atom stereocenters. The highest BCUT2D eigenvalue weighted by atomic mass is 16.5. The molecule has 96 valence electrons. The van der Waals surface area contributed by atoms with E-state index in [1.165, 1.54) is 0 Å². The van der Waals surface area contributed by atoms with Crippen molar-refractivity contribution in [3.8, 4) is 0 Å². The molecular weight excluding hydrogens is 222 g/mol. The molecule has 0 spiro atoms. The van der Waals surface area contributed by atoms with E-state index in [1.807, 2.05) is 13.8 Å². The van der Waals surface area contributed by atoms with Gasteiger partial charge in [0.25, 0.3) is 0 Å². The Morgan fingerprint density at radius 2 is 2.24 bits per heavy atom. The van der Waals surface area contributed by atoms with Gasteiger partial charge < -0.3 is 14.5 Å². The molecule has 0 radical (unpaired) electrons. The lowest BCUT2D eigenvalue weighted by molar-refractivity contribution is -0.133. The average molecular weight is 241 g/mol. The maximum absolute atomic E-state index is 11.9. The van der Waals surface area contributed by atoms with Crippen LogP contribution in [-0.4, -0.2) is 45.2 Å². The molecule has 0 bridgehead atoms. The number of aliphatic hydroxyl groups excluding tert-OH is 1. The number of aromatic nitrogens is 2. The molecule has 1 heterocycles. The van der Waals surface area contributed by atoms with Crippen LogP contribution in [0, 0.1) is 6.92 Å². The summed E-state index contributed by atoms with van der Waals surface area (Å²) in [6.07, 6.45) is 0.758. The molecule has 0 aliphatic rings. The van der Waals surface area contributed by atoms with Crippen LogP contribution in [0.4, 0.5) is 0 Å². The van der Waals surface area contributed by atoms with Crippen LogP contribution < -0.4 is 0 Å². The first-order valence-electron chi connectivity index (χ1n) is 5.74. The van der Waals surface area contributed by atoms with Gasteiger partial charge in [-0.2, -0.15) is 4.98 Å². The van der Waals surface area contributed by atoms with Crippen LogP contribution in [0.5, 0.6) is 0 Å². The minimum atomic E-state index is -0.0242. The van der Waals surface area contributed by atoms with Gasteiger partial charge in [-0.05, 0) is 20.8 Å². The minimum absolute atomic E-state index is 0.00935. The number of carbonyl (C=O) groups is 1. The number of aryl methyl sites for hydroxylation is 2. The Morgan fingerprint density at radius 1 is 1.53 bits per heavy atom. The van der Waals surface area contributed by atoms with Crippen molar-refractivity contribution < 1.29 is 14.4 Å². The van der Waals surface area contributed by atoms with Gasteiger partial charge in [0.15, 0.2) is 5.82 Å². The molecule has 1 amide bonds. The first-order valence-corrected chi connectivity index (χ1v) is 5.74. The molecule has 0 unspecified atom stereocenters. The van der Waals surface area contributed by atoms with Crippen molar-refractivity contribution in [2.45, 2.75) is 39.7 Å². The molecule has 1 aromatic heterocycles. The number of amides is 1. The second kappa shape index (κ2) is 6.34. The summed E-state index contributed by atoms with van der Waals surface area (Å²) in [5.41, 5.74) is 0. The van der Waals surface area contributed by atoms with Crippen LogP contribution in [0.2, 0.25) is 0 Å². The summed E-state index contributed by atoms with van der Waals surface area (Å²) in [6, 6.07) is 0.0825. The third-order valence-electron chi connectivity index (χ3n) is 2.41. The van der Waals surface area contributed by atoms with Crippen LogP contribution in [0.1, 0.15) is 32.0 Å². The van der Waals surface area contributed by atoms with Gasteiger partial charge in [-0.15, -0.1) is 0 Å². The van der Waals surface area contributed by atoms with Gasteiger partial charge in [0.2, 0.25) is 11.8 Å². The lowest BCUT2D eigenvalue weighted by atomic mass is 10.2. The fraction of sp³-hybridized carbons (Fsp3) is 0.727. The Balaban J connectivity index is 2.47. The summed E-state index contributed by atoms with van der Waals surface area (Å²) >= 11 is 0. The first-order chi connectivity index (χ1) is 8.04. The summed E-state index contributed by atoms with van der Waals surface area (Å²) < 4.78 is 4.93. The van der Waals surface area contributed by atoms with E-state index in [0.717, 1.165) is 0 Å². The standard InChI is InChI=1S/C11H19N3O3/c1-8(2)14(6-7-15)11(16)5-4-10-12-9(3)13-17-10/h8,15H,4-7H2,1-3H3. The lowest BCUT2D eigenvalue weighted by Crippen LogP contribution is -2.39. The summed E-state index contributed by atoms with van der Waals surface area (Å²) in [7, 11) is 0. The molecule has 0 saturated carbocycles. The van der Waals surface area contributed by atoms with Crippen LogP contribution in [0.25, 0.3) is 0 Å². The summed E-state index contributed by atoms with van der Waals surface area (Å²) in [5.74, 6) is 1.04. The largest absolute Gasteiger partial charge is 0.395 e. The average Bonchev–Trinajstić information content (AvgIpc) is 2.68. The fourth-order valence-corrected chi connectivity index (χ4v) is 1.58. The van der Waals surface area contributed by atoms with Gasteiger partial charge >= 0.3 is 0 Å². The molecule has 0 aliphatic heterocycles. The zero-order valence-corrected chi connectivity index (χ0v) is 10.5. The van der Waals surface area contributed by atoms with Crippen molar-refractivity contribution in [3.63, 3.8) is 0 Å². The molecular formula is C11H19N3O3. The van der Waals surface area contributed by atoms with Gasteiger partial charge in [-0.25, -0.2) is 0 Å². The molecule has 0 aromatic carbocycles. The first kappa shape index (κ1) is 13.6. The zero-order chi connectivity index (χ0) is 12.8. The minimum Gasteiger partial charge on any atom is -0.395 e. The van der Waals surface area contributed by atoms with Crippen molar-refractivity contribution >= 4 is 5.91 Å². The molecule has 6 nitrogen and oxygen atoms in total. The number of carbonyl (C=O) groups excluding carboxylic acids is 1. The predicted octanol–water partition coefficient (Wildman–Crippen LogP) is 0.540. The van der Waals surface area contributed by atoms with Crippen molar-refractivity contribution in [2.24, 2.45) is 0 Å². The second-order valence-electron chi connectivity index (χ2n) is 4.14. The SMILES string of the molecule is Cc1noc(CCC(=O)N(CCO)C(C)C)n1. The normalized spacial score (nSPS) is 10.9. The Labute approximate surface area is 101 Å². The molecule has 0 aliphatic carbocycles. The van der Waals surface area contributed by atoms with Crippen molar-refractivity contribution in [2.75, 3.05) is 13.2 Å². The van der Waals surface area contributed by atoms with Crippen LogP contribution in [0.3, 0.4) is 0 Å². The van der Waals surface area contributed by atoms with E-state index in [9.17, 15) is 4.79 Å². The Kier molecular flexibility index (Phi) is 5.09. The van der Waals surface area contributed by atoms with Crippen molar-refractivity contribution in [3.05, 3.63) is 11.7 Å². The van der Waals surface area contributed by atoms with E-state index in [-0.39, 0.29) is 18.6 Å². The van der Waals surface area contributed by atoms with E-state index >= 15 is 0 Å². The molecule has 1 rings (SSSR count). The van der Waals surface area contributed by atoms with Gasteiger partial charge in [0.1, 0.15) is 0 Å². The molecule has 1 aromatic rings. The zero-order valence-electron chi connectivity index (χ0n) is 10.5. The maximum Gasteiger partial charge on any atom is 0.227 e. The number of aliphatic hydroxyl groups is 1. The Bertz CT molecular complexity index is 363. The van der Waals surface area contributed by atoms with Gasteiger partial charge in [0, 0.05) is 25.4 Å². The number of hydrogen-bond acceptors (Lipinski definition) is 5. The summed E-state index contributed by atoms with van der Waals surface area (Å²) in [6.45, 7) is 5.92. The number of rotatable bonds is 6. The highest BCUT2D eigenvalue weighted by Crippen LogP contribution is 2.05. The molecule has 6 heteroatoms. The maximum atomic E-state index is 11.9. The molecule has 1 N–H and O–H groups in total. The smallest absolute Gasteiger partial charge is 0.227 e. The topological polar surface area (TPSA) is 79.5 Å². The van der Waals surface area contributed by atoms with Crippen molar-refractivity contribution in [1.82, 2.24) is 15.0 Å². The summed E-state index contributed by atoms with van der Waals surface area (Å²) in [4.78, 5) is 17.6. The van der Waals surface area contributed by atoms with Gasteiger partial charge in [-0.1, -0.05) is 5.16 Å². The van der Waals surface area contributed by atoms with E-state index in [4.69, 9.17) is 9.63 Å². The van der Waals surface area contributed by atoms with E-state index in [1.54, 1.807) is 11.8 Å². The van der Waals surface area contributed by atoms with Crippen LogP contribution >= 0.6 is 0 Å². The number of hydrogen-bond donors (Lipinski definition) is 1. The third kappa shape index (κ3) is 4.14. The molecule has 0 saturated heterocycles. The molecule has 0 fully saturated rings. The second-order valence-corrected chi connectivity index (χ2v) is 4.14. The quantitative estimate of drug-likeness (QED) is 0.786. The van der Waals surface area contributed by atoms with Gasteiger partial charge in [-0.3, -0.25) is 4.79 Å². The van der Waals surface area contributed by atoms with E-state index in [2.05, 4.69) is 10.1 Å². The van der Waals surface area contributed by atoms with Crippen LogP contribution in [0.15, 0.2) is 4.52 Å². The number of nitrogens with zero attached hydrogens (tertiary/aromatic N) is 3. The highest BCUT2D eigenvalue weighted by molar-refractivity contribution is 5.76. The highest BCUT2D eigenvalue weighted by Gasteiger charge is 2.17. The van der Waals surface area contributed by atoms with Crippen molar-refractivity contribution in [1.29, 1.82) is 0 Å². The third-order valence-corrected chi connectivity index (χ3v) is 2.41. The Morgan fingerprint density at radius 3 is 2.71 bits per heavy atom. The summed E-state index contributed by atoms with van der Waals surface area (Å²) in [5, 5.41) is 12.5. The van der Waals surface area contributed by atoms with Gasteiger partial charge in [0.05, 0.1) is 6.61 Å². The lowest BCUT2D eigenvalue weighted by Gasteiger charge is -2.25.